The highest BCUT2D eigenvalue weighted by atomic mass is 16.5. The van der Waals surface area contributed by atoms with Crippen molar-refractivity contribution >= 4 is 5.97 Å². The van der Waals surface area contributed by atoms with Crippen molar-refractivity contribution in [3.63, 3.8) is 0 Å². The molecule has 0 saturated heterocycles. The van der Waals surface area contributed by atoms with Gasteiger partial charge >= 0.3 is 5.97 Å². The monoisotopic (exact) mass is 222 g/mol. The third-order valence-electron chi connectivity index (χ3n) is 3.14. The van der Waals surface area contributed by atoms with Crippen LogP contribution in [0.4, 0.5) is 0 Å². The lowest BCUT2D eigenvalue weighted by Crippen LogP contribution is -2.11. The number of esters is 1. The van der Waals surface area contributed by atoms with E-state index in [0.29, 0.717) is 12.5 Å². The van der Waals surface area contributed by atoms with Gasteiger partial charge in [0.2, 0.25) is 0 Å². The van der Waals surface area contributed by atoms with Crippen LogP contribution in [0.15, 0.2) is 23.8 Å². The molecule has 0 unspecified atom stereocenters. The third kappa shape index (κ3) is 2.75. The van der Waals surface area contributed by atoms with Crippen molar-refractivity contribution in [3.8, 4) is 0 Å². The number of allylic oxidation sites excluding steroid dienone is 2. The zero-order valence-electron chi connectivity index (χ0n) is 11.0. The lowest BCUT2D eigenvalue weighted by Gasteiger charge is -2.04. The van der Waals surface area contributed by atoms with E-state index in [4.69, 9.17) is 4.74 Å². The number of ether oxygens (including phenoxy) is 1. The van der Waals surface area contributed by atoms with Crippen LogP contribution in [0.5, 0.6) is 0 Å². The molecule has 0 bridgehead atoms. The number of rotatable bonds is 4. The fourth-order valence-corrected chi connectivity index (χ4v) is 2.08. The summed E-state index contributed by atoms with van der Waals surface area (Å²) in [5.74, 6) is 0.257. The molecule has 0 aromatic carbocycles. The van der Waals surface area contributed by atoms with E-state index in [9.17, 15) is 4.79 Å². The molecule has 0 aromatic rings. The Balaban J connectivity index is 2.59. The predicted molar refractivity (Wildman–Crippen MR) is 66.0 cm³/mol. The van der Waals surface area contributed by atoms with Gasteiger partial charge in [-0.2, -0.15) is 0 Å². The largest absolute Gasteiger partial charge is 0.461 e. The van der Waals surface area contributed by atoms with Crippen molar-refractivity contribution in [1.29, 1.82) is 0 Å². The molecule has 16 heavy (non-hydrogen) atoms. The summed E-state index contributed by atoms with van der Waals surface area (Å²) < 4.78 is 5.21. The van der Waals surface area contributed by atoms with Crippen molar-refractivity contribution < 1.29 is 9.53 Å². The SMILES string of the molecule is C=C(C)COC(=O)[C@@H]1[C@@H](C=C(C)C)C1(C)C. The van der Waals surface area contributed by atoms with Crippen molar-refractivity contribution in [2.24, 2.45) is 17.3 Å². The number of carbonyl (C=O) groups is 1. The van der Waals surface area contributed by atoms with Gasteiger partial charge in [0.1, 0.15) is 6.61 Å². The van der Waals surface area contributed by atoms with Crippen LogP contribution in [0, 0.1) is 17.3 Å². The Morgan fingerprint density at radius 2 is 1.94 bits per heavy atom. The molecule has 1 aliphatic carbocycles. The van der Waals surface area contributed by atoms with Gasteiger partial charge in [-0.3, -0.25) is 4.79 Å². The second-order valence-corrected chi connectivity index (χ2v) is 5.63. The van der Waals surface area contributed by atoms with Crippen LogP contribution >= 0.6 is 0 Å². The molecule has 0 spiro atoms. The summed E-state index contributed by atoms with van der Waals surface area (Å²) in [4.78, 5) is 11.8. The second-order valence-electron chi connectivity index (χ2n) is 5.63. The van der Waals surface area contributed by atoms with Crippen LogP contribution in [-0.2, 0) is 9.53 Å². The first kappa shape index (κ1) is 13.0. The van der Waals surface area contributed by atoms with Gasteiger partial charge in [-0.1, -0.05) is 32.1 Å². The van der Waals surface area contributed by atoms with E-state index >= 15 is 0 Å². The maximum absolute atomic E-state index is 11.8. The summed E-state index contributed by atoms with van der Waals surface area (Å²) >= 11 is 0. The van der Waals surface area contributed by atoms with Gasteiger partial charge in [0.05, 0.1) is 5.92 Å². The highest BCUT2D eigenvalue weighted by Gasteiger charge is 2.61. The number of hydrogen-bond donors (Lipinski definition) is 0. The highest BCUT2D eigenvalue weighted by molar-refractivity contribution is 5.78. The Bertz CT molecular complexity index is 333. The maximum Gasteiger partial charge on any atom is 0.310 e. The Morgan fingerprint density at radius 3 is 2.38 bits per heavy atom. The van der Waals surface area contributed by atoms with Crippen molar-refractivity contribution in [1.82, 2.24) is 0 Å². The molecular weight excluding hydrogens is 200 g/mol. The predicted octanol–water partition coefficient (Wildman–Crippen LogP) is 3.34. The smallest absolute Gasteiger partial charge is 0.310 e. The molecule has 1 fully saturated rings. The minimum atomic E-state index is -0.0875. The van der Waals surface area contributed by atoms with Crippen molar-refractivity contribution in [2.45, 2.75) is 34.6 Å². The second kappa shape index (κ2) is 4.44. The quantitative estimate of drug-likeness (QED) is 0.538. The zero-order valence-corrected chi connectivity index (χ0v) is 11.0. The molecule has 1 aliphatic rings. The summed E-state index contributed by atoms with van der Waals surface area (Å²) in [6.07, 6.45) is 2.17. The first-order chi connectivity index (χ1) is 7.26. The molecule has 0 radical (unpaired) electrons. The van der Waals surface area contributed by atoms with E-state index in [2.05, 4.69) is 40.3 Å². The standard InChI is InChI=1S/C14H22O2/c1-9(2)7-11-12(14(11,5)6)13(15)16-8-10(3)4/h7,11-12H,3,8H2,1-2,4-6H3/t11-,12+/m1/s1. The van der Waals surface area contributed by atoms with E-state index < -0.39 is 0 Å². The van der Waals surface area contributed by atoms with E-state index in [1.165, 1.54) is 5.57 Å². The summed E-state index contributed by atoms with van der Waals surface area (Å²) in [6, 6.07) is 0. The molecule has 0 N–H and O–H groups in total. The lowest BCUT2D eigenvalue weighted by atomic mass is 10.1. The van der Waals surface area contributed by atoms with Gasteiger partial charge in [-0.15, -0.1) is 0 Å². The molecule has 1 saturated carbocycles. The van der Waals surface area contributed by atoms with Gasteiger partial charge in [-0.05, 0) is 37.7 Å². The minimum absolute atomic E-state index is 0.0155. The van der Waals surface area contributed by atoms with Crippen LogP contribution < -0.4 is 0 Å². The number of carbonyl (C=O) groups excluding carboxylic acids is 1. The first-order valence-electron chi connectivity index (χ1n) is 5.73. The van der Waals surface area contributed by atoms with Gasteiger partial charge in [-0.25, -0.2) is 0 Å². The molecular formula is C14H22O2. The molecule has 0 heterocycles. The normalized spacial score (nSPS) is 25.8. The van der Waals surface area contributed by atoms with Crippen molar-refractivity contribution in [2.75, 3.05) is 6.61 Å². The van der Waals surface area contributed by atoms with E-state index in [1.54, 1.807) is 0 Å². The van der Waals surface area contributed by atoms with E-state index in [-0.39, 0.29) is 17.3 Å². The molecule has 2 nitrogen and oxygen atoms in total. The van der Waals surface area contributed by atoms with Crippen LogP contribution in [0.25, 0.3) is 0 Å². The summed E-state index contributed by atoms with van der Waals surface area (Å²) in [7, 11) is 0. The summed E-state index contributed by atoms with van der Waals surface area (Å²) in [5, 5.41) is 0. The molecule has 0 aromatic heterocycles. The molecule has 0 aliphatic heterocycles. The molecule has 2 atom stereocenters. The third-order valence-corrected chi connectivity index (χ3v) is 3.14. The summed E-state index contributed by atoms with van der Waals surface area (Å²) in [6.45, 7) is 14.3. The average molecular weight is 222 g/mol. The molecule has 0 amide bonds. The van der Waals surface area contributed by atoms with Gasteiger partial charge in [0.25, 0.3) is 0 Å². The van der Waals surface area contributed by atoms with Crippen LogP contribution in [-0.4, -0.2) is 12.6 Å². The number of hydrogen-bond acceptors (Lipinski definition) is 2. The van der Waals surface area contributed by atoms with E-state index in [0.717, 1.165) is 5.57 Å². The van der Waals surface area contributed by atoms with Crippen LogP contribution in [0.3, 0.4) is 0 Å². The van der Waals surface area contributed by atoms with Gasteiger partial charge in [0.15, 0.2) is 0 Å². The Hall–Kier alpha value is -1.05. The molecule has 1 rings (SSSR count). The molecule has 2 heteroatoms. The summed E-state index contributed by atoms with van der Waals surface area (Å²) in [5.41, 5.74) is 2.18. The minimum Gasteiger partial charge on any atom is -0.461 e. The Labute approximate surface area is 98.4 Å². The molecule has 90 valence electrons. The van der Waals surface area contributed by atoms with Gasteiger partial charge < -0.3 is 4.74 Å². The zero-order chi connectivity index (χ0) is 12.5. The van der Waals surface area contributed by atoms with Crippen LogP contribution in [0.2, 0.25) is 0 Å². The maximum atomic E-state index is 11.8. The average Bonchev–Trinajstić information content (AvgIpc) is 2.63. The Kier molecular flexibility index (Phi) is 3.61. The lowest BCUT2D eigenvalue weighted by molar-refractivity contribution is -0.145. The van der Waals surface area contributed by atoms with Crippen LogP contribution in [0.1, 0.15) is 34.6 Å². The topological polar surface area (TPSA) is 26.3 Å². The first-order valence-corrected chi connectivity index (χ1v) is 5.73. The highest BCUT2D eigenvalue weighted by Crippen LogP contribution is 2.59. The van der Waals surface area contributed by atoms with E-state index in [1.807, 2.05) is 6.92 Å². The Morgan fingerprint density at radius 1 is 1.38 bits per heavy atom. The fraction of sp³-hybridized carbons (Fsp3) is 0.643. The van der Waals surface area contributed by atoms with Crippen molar-refractivity contribution in [3.05, 3.63) is 23.8 Å². The van der Waals surface area contributed by atoms with Gasteiger partial charge in [0, 0.05) is 0 Å². The fourth-order valence-electron chi connectivity index (χ4n) is 2.08.